The zero-order chi connectivity index (χ0) is 13.3. The molecule has 0 amide bonds. The molecule has 0 saturated heterocycles. The molecule has 0 atom stereocenters. The maximum absolute atomic E-state index is 11.6. The van der Waals surface area contributed by atoms with E-state index in [0.29, 0.717) is 5.75 Å². The van der Waals surface area contributed by atoms with Crippen LogP contribution >= 0.6 is 27.5 Å². The molecule has 18 heavy (non-hydrogen) atoms. The first-order valence-electron chi connectivity index (χ1n) is 5.18. The molecule has 0 fully saturated rings. The maximum Gasteiger partial charge on any atom is 0.285 e. The Balaban J connectivity index is 2.46. The summed E-state index contributed by atoms with van der Waals surface area (Å²) in [5, 5.41) is 6.44. The third-order valence-electron chi connectivity index (χ3n) is 2.56. The minimum atomic E-state index is -0.369. The van der Waals surface area contributed by atoms with Crippen molar-refractivity contribution in [2.75, 3.05) is 0 Å². The Morgan fingerprint density at radius 1 is 1.39 bits per heavy atom. The molecule has 0 aliphatic rings. The van der Waals surface area contributed by atoms with Crippen LogP contribution in [-0.2, 0) is 0 Å². The molecule has 1 aromatic carbocycles. The summed E-state index contributed by atoms with van der Waals surface area (Å²) in [6.07, 6.45) is 0. The van der Waals surface area contributed by atoms with Gasteiger partial charge in [-0.2, -0.15) is 0 Å². The van der Waals surface area contributed by atoms with E-state index in [2.05, 4.69) is 26.1 Å². The number of nitrogens with one attached hydrogen (secondary N) is 1. The number of ether oxygens (including phenoxy) is 1. The quantitative estimate of drug-likeness (QED) is 0.916. The van der Waals surface area contributed by atoms with Gasteiger partial charge in [-0.05, 0) is 47.0 Å². The number of H-pyrrole nitrogens is 1. The SMILES string of the molecule is Cc1ccc(Br)c(Oc2n[nH]c(Cl)cc2=O)c1C. The standard InChI is InChI=1S/C12H10BrClN2O2/c1-6-3-4-8(13)11(7(6)2)18-12-9(17)5-10(14)15-16-12/h3-5H,1-2H3,(H,15,17). The van der Waals surface area contributed by atoms with Crippen molar-refractivity contribution in [2.45, 2.75) is 13.8 Å². The predicted molar refractivity (Wildman–Crippen MR) is 73.6 cm³/mol. The van der Waals surface area contributed by atoms with Crippen LogP contribution in [0.2, 0.25) is 5.15 Å². The van der Waals surface area contributed by atoms with Crippen molar-refractivity contribution in [3.63, 3.8) is 0 Å². The highest BCUT2D eigenvalue weighted by molar-refractivity contribution is 9.10. The third-order valence-corrected chi connectivity index (χ3v) is 3.38. The van der Waals surface area contributed by atoms with Gasteiger partial charge < -0.3 is 4.74 Å². The van der Waals surface area contributed by atoms with Crippen LogP contribution < -0.4 is 10.2 Å². The molecule has 4 nitrogen and oxygen atoms in total. The second kappa shape index (κ2) is 5.12. The van der Waals surface area contributed by atoms with Gasteiger partial charge >= 0.3 is 0 Å². The number of aromatic nitrogens is 2. The Labute approximate surface area is 117 Å². The zero-order valence-corrected chi connectivity index (χ0v) is 12.1. The summed E-state index contributed by atoms with van der Waals surface area (Å²) >= 11 is 9.01. The number of aryl methyl sites for hydroxylation is 1. The Morgan fingerprint density at radius 3 is 2.78 bits per heavy atom. The fourth-order valence-electron chi connectivity index (χ4n) is 1.42. The van der Waals surface area contributed by atoms with E-state index in [1.807, 2.05) is 26.0 Å². The summed E-state index contributed by atoms with van der Waals surface area (Å²) in [7, 11) is 0. The van der Waals surface area contributed by atoms with Gasteiger partial charge in [-0.3, -0.25) is 9.89 Å². The monoisotopic (exact) mass is 328 g/mol. The Kier molecular flexibility index (Phi) is 3.73. The second-order valence-electron chi connectivity index (χ2n) is 3.81. The number of hydrogen-bond acceptors (Lipinski definition) is 3. The van der Waals surface area contributed by atoms with Crippen molar-refractivity contribution >= 4 is 27.5 Å². The van der Waals surface area contributed by atoms with E-state index in [1.54, 1.807) is 0 Å². The molecule has 0 saturated carbocycles. The lowest BCUT2D eigenvalue weighted by molar-refractivity contribution is 0.444. The Morgan fingerprint density at radius 2 is 2.11 bits per heavy atom. The van der Waals surface area contributed by atoms with Gasteiger partial charge in [0.05, 0.1) is 4.47 Å². The lowest BCUT2D eigenvalue weighted by atomic mass is 10.1. The van der Waals surface area contributed by atoms with Crippen LogP contribution in [0.3, 0.4) is 0 Å². The number of aromatic amines is 1. The summed E-state index contributed by atoms with van der Waals surface area (Å²) in [6, 6.07) is 5.05. The van der Waals surface area contributed by atoms with Crippen LogP contribution in [-0.4, -0.2) is 10.2 Å². The van der Waals surface area contributed by atoms with Crippen molar-refractivity contribution in [3.8, 4) is 11.6 Å². The molecule has 0 radical (unpaired) electrons. The van der Waals surface area contributed by atoms with Gasteiger partial charge in [-0.15, -0.1) is 5.10 Å². The first kappa shape index (κ1) is 13.1. The summed E-state index contributed by atoms with van der Waals surface area (Å²) in [5.74, 6) is 0.545. The fraction of sp³-hybridized carbons (Fsp3) is 0.167. The van der Waals surface area contributed by atoms with Crippen LogP contribution in [0.25, 0.3) is 0 Å². The highest BCUT2D eigenvalue weighted by Crippen LogP contribution is 2.33. The fourth-order valence-corrected chi connectivity index (χ4v) is 2.07. The van der Waals surface area contributed by atoms with Crippen molar-refractivity contribution in [1.82, 2.24) is 10.2 Å². The zero-order valence-electron chi connectivity index (χ0n) is 9.75. The molecular formula is C12H10BrClN2O2. The van der Waals surface area contributed by atoms with Gasteiger partial charge in [0, 0.05) is 6.07 Å². The van der Waals surface area contributed by atoms with E-state index in [9.17, 15) is 4.79 Å². The molecule has 2 rings (SSSR count). The van der Waals surface area contributed by atoms with E-state index in [4.69, 9.17) is 16.3 Å². The molecule has 0 aliphatic heterocycles. The van der Waals surface area contributed by atoms with Crippen molar-refractivity contribution in [1.29, 1.82) is 0 Å². The minimum absolute atomic E-state index is 0.0335. The molecule has 1 heterocycles. The molecule has 0 bridgehead atoms. The molecule has 0 unspecified atom stereocenters. The van der Waals surface area contributed by atoms with E-state index in [-0.39, 0.29) is 16.5 Å². The van der Waals surface area contributed by atoms with Crippen LogP contribution in [0.15, 0.2) is 27.5 Å². The molecule has 6 heteroatoms. The third kappa shape index (κ3) is 2.57. The molecule has 94 valence electrons. The summed E-state index contributed by atoms with van der Waals surface area (Å²) in [6.45, 7) is 3.88. The normalized spacial score (nSPS) is 10.4. The van der Waals surface area contributed by atoms with Gasteiger partial charge in [-0.1, -0.05) is 17.7 Å². The summed E-state index contributed by atoms with van der Waals surface area (Å²) < 4.78 is 6.31. The van der Waals surface area contributed by atoms with Crippen LogP contribution in [0.1, 0.15) is 11.1 Å². The number of nitrogens with zero attached hydrogens (tertiary/aromatic N) is 1. The average molecular weight is 330 g/mol. The highest BCUT2D eigenvalue weighted by Gasteiger charge is 2.12. The lowest BCUT2D eigenvalue weighted by Crippen LogP contribution is -2.08. The molecule has 2 aromatic rings. The van der Waals surface area contributed by atoms with Crippen molar-refractivity contribution < 1.29 is 4.74 Å². The number of hydrogen-bond donors (Lipinski definition) is 1. The molecule has 0 spiro atoms. The molecule has 0 aliphatic carbocycles. The topological polar surface area (TPSA) is 55.0 Å². The minimum Gasteiger partial charge on any atom is -0.433 e. The number of rotatable bonds is 2. The van der Waals surface area contributed by atoms with Crippen LogP contribution in [0.5, 0.6) is 11.6 Å². The van der Waals surface area contributed by atoms with E-state index >= 15 is 0 Å². The summed E-state index contributed by atoms with van der Waals surface area (Å²) in [5.41, 5.74) is 1.64. The van der Waals surface area contributed by atoms with Gasteiger partial charge in [0.1, 0.15) is 10.9 Å². The van der Waals surface area contributed by atoms with Crippen LogP contribution in [0.4, 0.5) is 0 Å². The van der Waals surface area contributed by atoms with Gasteiger partial charge in [-0.25, -0.2) is 0 Å². The molecule has 1 N–H and O–H groups in total. The predicted octanol–water partition coefficient (Wildman–Crippen LogP) is 3.59. The lowest BCUT2D eigenvalue weighted by Gasteiger charge is -2.11. The number of benzene rings is 1. The van der Waals surface area contributed by atoms with Gasteiger partial charge in [0.2, 0.25) is 5.43 Å². The van der Waals surface area contributed by atoms with Gasteiger partial charge in [0.15, 0.2) is 0 Å². The maximum atomic E-state index is 11.6. The van der Waals surface area contributed by atoms with E-state index < -0.39 is 0 Å². The Hall–Kier alpha value is -1.33. The van der Waals surface area contributed by atoms with E-state index in [0.717, 1.165) is 15.6 Å². The average Bonchev–Trinajstić information content (AvgIpc) is 2.32. The smallest absolute Gasteiger partial charge is 0.285 e. The van der Waals surface area contributed by atoms with E-state index in [1.165, 1.54) is 6.07 Å². The summed E-state index contributed by atoms with van der Waals surface area (Å²) in [4.78, 5) is 11.6. The van der Waals surface area contributed by atoms with Crippen molar-refractivity contribution in [3.05, 3.63) is 49.2 Å². The van der Waals surface area contributed by atoms with Crippen molar-refractivity contribution in [2.24, 2.45) is 0 Å². The first-order valence-corrected chi connectivity index (χ1v) is 6.35. The second-order valence-corrected chi connectivity index (χ2v) is 5.07. The molecule has 1 aromatic heterocycles. The largest absolute Gasteiger partial charge is 0.433 e. The molecular weight excluding hydrogens is 320 g/mol. The highest BCUT2D eigenvalue weighted by atomic mass is 79.9. The Bertz CT molecular complexity index is 655. The first-order chi connectivity index (χ1) is 8.49. The van der Waals surface area contributed by atoms with Gasteiger partial charge in [0.25, 0.3) is 5.88 Å². The number of halogens is 2. The van der Waals surface area contributed by atoms with Crippen LogP contribution in [0, 0.1) is 13.8 Å².